The standard InChI is InChI=1S/C17H18N4O3S/c1-9-19-8-14(25-9)15-11(7-20-17(18)21-15)10-5-12(22-2)16(24-4)13(6-10)23-3/h5-8H,1-4H3,(H2,18,20,21). The van der Waals surface area contributed by atoms with Crippen LogP contribution in [0, 0.1) is 6.92 Å². The van der Waals surface area contributed by atoms with Gasteiger partial charge in [-0.3, -0.25) is 0 Å². The molecule has 1 aromatic carbocycles. The van der Waals surface area contributed by atoms with Crippen molar-refractivity contribution in [2.45, 2.75) is 6.92 Å². The van der Waals surface area contributed by atoms with E-state index < -0.39 is 0 Å². The monoisotopic (exact) mass is 358 g/mol. The van der Waals surface area contributed by atoms with E-state index >= 15 is 0 Å². The highest BCUT2D eigenvalue weighted by Gasteiger charge is 2.18. The van der Waals surface area contributed by atoms with Crippen LogP contribution in [0.5, 0.6) is 17.2 Å². The van der Waals surface area contributed by atoms with Crippen LogP contribution in [-0.2, 0) is 0 Å². The Morgan fingerprint density at radius 3 is 2.16 bits per heavy atom. The second-order valence-corrected chi connectivity index (χ2v) is 6.38. The molecule has 3 rings (SSSR count). The molecule has 0 amide bonds. The van der Waals surface area contributed by atoms with Gasteiger partial charge in [0.2, 0.25) is 11.7 Å². The Morgan fingerprint density at radius 2 is 1.64 bits per heavy atom. The molecule has 0 fully saturated rings. The van der Waals surface area contributed by atoms with E-state index in [1.54, 1.807) is 45.1 Å². The number of nitrogens with two attached hydrogens (primary N) is 1. The van der Waals surface area contributed by atoms with Crippen LogP contribution < -0.4 is 19.9 Å². The van der Waals surface area contributed by atoms with E-state index in [1.807, 2.05) is 19.1 Å². The van der Waals surface area contributed by atoms with Crippen LogP contribution in [0.4, 0.5) is 5.95 Å². The van der Waals surface area contributed by atoms with Crippen molar-refractivity contribution in [1.29, 1.82) is 0 Å². The molecule has 0 unspecified atom stereocenters. The minimum atomic E-state index is 0.206. The van der Waals surface area contributed by atoms with Gasteiger partial charge in [-0.05, 0) is 24.6 Å². The van der Waals surface area contributed by atoms with Crippen LogP contribution in [-0.4, -0.2) is 36.3 Å². The summed E-state index contributed by atoms with van der Waals surface area (Å²) in [5.41, 5.74) is 8.15. The Bertz CT molecular complexity index is 886. The van der Waals surface area contributed by atoms with Crippen molar-refractivity contribution in [3.8, 4) is 38.9 Å². The minimum absolute atomic E-state index is 0.206. The normalized spacial score (nSPS) is 10.6. The van der Waals surface area contributed by atoms with Crippen LogP contribution in [0.2, 0.25) is 0 Å². The maximum absolute atomic E-state index is 5.80. The SMILES string of the molecule is COc1cc(-c2cnc(N)nc2-c2cnc(C)s2)cc(OC)c1OC. The molecule has 7 nitrogen and oxygen atoms in total. The summed E-state index contributed by atoms with van der Waals surface area (Å²) in [6, 6.07) is 3.71. The summed E-state index contributed by atoms with van der Waals surface area (Å²) in [5.74, 6) is 1.85. The van der Waals surface area contributed by atoms with Crippen molar-refractivity contribution in [2.24, 2.45) is 0 Å². The maximum Gasteiger partial charge on any atom is 0.220 e. The van der Waals surface area contributed by atoms with Gasteiger partial charge >= 0.3 is 0 Å². The van der Waals surface area contributed by atoms with Gasteiger partial charge in [-0.25, -0.2) is 15.0 Å². The lowest BCUT2D eigenvalue weighted by Gasteiger charge is -2.15. The zero-order chi connectivity index (χ0) is 18.0. The van der Waals surface area contributed by atoms with E-state index in [9.17, 15) is 0 Å². The first kappa shape index (κ1) is 17.0. The molecule has 0 spiro atoms. The highest BCUT2D eigenvalue weighted by atomic mass is 32.1. The van der Waals surface area contributed by atoms with Gasteiger partial charge in [-0.1, -0.05) is 0 Å². The van der Waals surface area contributed by atoms with Crippen LogP contribution in [0.25, 0.3) is 21.7 Å². The molecule has 130 valence electrons. The fraction of sp³-hybridized carbons (Fsp3) is 0.235. The number of thiazole rings is 1. The van der Waals surface area contributed by atoms with Gasteiger partial charge in [0.05, 0.1) is 36.9 Å². The molecule has 8 heteroatoms. The molecular formula is C17H18N4O3S. The van der Waals surface area contributed by atoms with Gasteiger partial charge in [0, 0.05) is 18.0 Å². The van der Waals surface area contributed by atoms with Crippen molar-refractivity contribution < 1.29 is 14.2 Å². The quantitative estimate of drug-likeness (QED) is 0.749. The first-order chi connectivity index (χ1) is 12.1. The minimum Gasteiger partial charge on any atom is -0.493 e. The summed E-state index contributed by atoms with van der Waals surface area (Å²) in [7, 11) is 4.72. The lowest BCUT2D eigenvalue weighted by molar-refractivity contribution is 0.324. The molecule has 0 saturated heterocycles. The molecule has 0 aliphatic rings. The number of nitrogens with zero attached hydrogens (tertiary/aromatic N) is 3. The fourth-order valence-electron chi connectivity index (χ4n) is 2.50. The molecule has 3 aromatic rings. The number of aromatic nitrogens is 3. The Kier molecular flexibility index (Phi) is 4.71. The van der Waals surface area contributed by atoms with Crippen LogP contribution in [0.1, 0.15) is 5.01 Å². The number of anilines is 1. The molecule has 0 aliphatic carbocycles. The molecule has 25 heavy (non-hydrogen) atoms. The lowest BCUT2D eigenvalue weighted by atomic mass is 10.0. The smallest absolute Gasteiger partial charge is 0.220 e. The Balaban J connectivity index is 2.23. The summed E-state index contributed by atoms with van der Waals surface area (Å²) in [6.07, 6.45) is 3.47. The van der Waals surface area contributed by atoms with Crippen LogP contribution >= 0.6 is 11.3 Å². The molecule has 0 bridgehead atoms. The zero-order valence-corrected chi connectivity index (χ0v) is 15.2. The average Bonchev–Trinajstić information content (AvgIpc) is 3.06. The number of ether oxygens (including phenoxy) is 3. The highest BCUT2D eigenvalue weighted by molar-refractivity contribution is 7.15. The third-order valence-electron chi connectivity index (χ3n) is 3.64. The zero-order valence-electron chi connectivity index (χ0n) is 14.4. The van der Waals surface area contributed by atoms with E-state index in [4.69, 9.17) is 19.9 Å². The van der Waals surface area contributed by atoms with E-state index in [-0.39, 0.29) is 5.95 Å². The van der Waals surface area contributed by atoms with E-state index in [0.29, 0.717) is 22.9 Å². The number of rotatable bonds is 5. The Morgan fingerprint density at radius 1 is 0.960 bits per heavy atom. The molecule has 2 heterocycles. The van der Waals surface area contributed by atoms with Crippen molar-refractivity contribution in [3.05, 3.63) is 29.5 Å². The second kappa shape index (κ2) is 6.94. The number of aryl methyl sites for hydroxylation is 1. The molecular weight excluding hydrogens is 340 g/mol. The second-order valence-electron chi connectivity index (χ2n) is 5.15. The van der Waals surface area contributed by atoms with Gasteiger partial charge in [0.1, 0.15) is 0 Å². The number of hydrogen-bond acceptors (Lipinski definition) is 8. The molecule has 2 aromatic heterocycles. The topological polar surface area (TPSA) is 92.4 Å². The van der Waals surface area contributed by atoms with E-state index in [0.717, 1.165) is 21.0 Å². The Labute approximate surface area is 149 Å². The van der Waals surface area contributed by atoms with Crippen molar-refractivity contribution >= 4 is 17.3 Å². The summed E-state index contributed by atoms with van der Waals surface area (Å²) >= 11 is 1.54. The number of methoxy groups -OCH3 is 3. The first-order valence-corrected chi connectivity index (χ1v) is 8.24. The van der Waals surface area contributed by atoms with Crippen molar-refractivity contribution in [1.82, 2.24) is 15.0 Å². The number of hydrogen-bond donors (Lipinski definition) is 1. The molecule has 0 radical (unpaired) electrons. The molecule has 2 N–H and O–H groups in total. The Hall–Kier alpha value is -2.87. The molecule has 0 atom stereocenters. The van der Waals surface area contributed by atoms with Gasteiger partial charge < -0.3 is 19.9 Å². The third kappa shape index (κ3) is 3.20. The average molecular weight is 358 g/mol. The summed E-state index contributed by atoms with van der Waals surface area (Å²) < 4.78 is 16.2. The van der Waals surface area contributed by atoms with Crippen LogP contribution in [0.3, 0.4) is 0 Å². The largest absolute Gasteiger partial charge is 0.493 e. The lowest BCUT2D eigenvalue weighted by Crippen LogP contribution is -1.99. The first-order valence-electron chi connectivity index (χ1n) is 7.43. The van der Waals surface area contributed by atoms with Gasteiger partial charge in [0.15, 0.2) is 11.5 Å². The van der Waals surface area contributed by atoms with Crippen molar-refractivity contribution in [3.63, 3.8) is 0 Å². The molecule has 0 aliphatic heterocycles. The highest BCUT2D eigenvalue weighted by Crippen LogP contribution is 2.43. The maximum atomic E-state index is 5.80. The van der Waals surface area contributed by atoms with Gasteiger partial charge in [-0.2, -0.15) is 0 Å². The summed E-state index contributed by atoms with van der Waals surface area (Å²) in [5, 5.41) is 0.947. The van der Waals surface area contributed by atoms with E-state index in [2.05, 4.69) is 15.0 Å². The number of nitrogen functional groups attached to an aromatic ring is 1. The van der Waals surface area contributed by atoms with Crippen LogP contribution in [0.15, 0.2) is 24.5 Å². The predicted octanol–water partition coefficient (Wildman–Crippen LogP) is 3.18. The van der Waals surface area contributed by atoms with Gasteiger partial charge in [-0.15, -0.1) is 11.3 Å². The molecule has 0 saturated carbocycles. The number of benzene rings is 1. The predicted molar refractivity (Wildman–Crippen MR) is 97.4 cm³/mol. The van der Waals surface area contributed by atoms with Crippen molar-refractivity contribution in [2.75, 3.05) is 27.1 Å². The fourth-order valence-corrected chi connectivity index (χ4v) is 3.28. The van der Waals surface area contributed by atoms with Gasteiger partial charge in [0.25, 0.3) is 0 Å². The third-order valence-corrected chi connectivity index (χ3v) is 4.56. The summed E-state index contributed by atoms with van der Waals surface area (Å²) in [6.45, 7) is 1.94. The summed E-state index contributed by atoms with van der Waals surface area (Å²) in [4.78, 5) is 13.8. The van der Waals surface area contributed by atoms with E-state index in [1.165, 1.54) is 0 Å².